The van der Waals surface area contributed by atoms with Gasteiger partial charge in [-0.3, -0.25) is 9.69 Å². The second kappa shape index (κ2) is 5.97. The predicted molar refractivity (Wildman–Crippen MR) is 81.3 cm³/mol. The number of anilines is 1. The average Bonchev–Trinajstić information content (AvgIpc) is 2.80. The predicted octanol–water partition coefficient (Wildman–Crippen LogP) is 2.71. The van der Waals surface area contributed by atoms with Crippen LogP contribution < -0.4 is 4.90 Å². The Hall–Kier alpha value is -2.70. The van der Waals surface area contributed by atoms with Crippen LogP contribution in [0.1, 0.15) is 13.8 Å². The van der Waals surface area contributed by atoms with Gasteiger partial charge in [-0.1, -0.05) is 13.8 Å². The molecule has 0 bridgehead atoms. The number of aromatic hydroxyl groups is 1. The van der Waals surface area contributed by atoms with Gasteiger partial charge in [-0.15, -0.1) is 0 Å². The first kappa shape index (κ1) is 15.7. The van der Waals surface area contributed by atoms with Gasteiger partial charge in [0, 0.05) is 17.4 Å². The molecule has 0 spiro atoms. The lowest BCUT2D eigenvalue weighted by Crippen LogP contribution is -2.39. The molecule has 1 amide bonds. The highest BCUT2D eigenvalue weighted by molar-refractivity contribution is 5.92. The molecule has 7 heteroatoms. The topological polar surface area (TPSA) is 114 Å². The van der Waals surface area contributed by atoms with Gasteiger partial charge >= 0.3 is 12.1 Å². The summed E-state index contributed by atoms with van der Waals surface area (Å²) in [5, 5.41) is 28.7. The van der Waals surface area contributed by atoms with Crippen molar-refractivity contribution in [2.75, 3.05) is 11.4 Å². The van der Waals surface area contributed by atoms with E-state index in [4.69, 9.17) is 0 Å². The number of nitrogens with one attached hydrogen (secondary N) is 1. The maximum Gasteiger partial charge on any atom is 0.412 e. The number of phenolic OH excluding ortho intramolecular Hbond substituents is 1. The summed E-state index contributed by atoms with van der Waals surface area (Å²) in [6, 6.07) is 6.20. The zero-order valence-electron chi connectivity index (χ0n) is 12.3. The van der Waals surface area contributed by atoms with Crippen molar-refractivity contribution in [3.8, 4) is 5.75 Å². The number of amides is 1. The maximum absolute atomic E-state index is 11.5. The van der Waals surface area contributed by atoms with Crippen molar-refractivity contribution in [3.63, 3.8) is 0 Å². The number of aliphatic carboxylic acids is 1. The number of fused-ring (bicyclic) bond motifs is 1. The lowest BCUT2D eigenvalue weighted by atomic mass is 9.95. The molecule has 1 unspecified atom stereocenters. The standard InChI is InChI=1S/C15H18N2O5/c1-8(2)11(14(19)20)7-17(15(21)22)13-6-9-5-10(18)3-4-12(9)16-13/h3-6,8,11,16,18H,7H2,1-2H3,(H,19,20)(H,21,22). The molecule has 2 rings (SSSR count). The molecule has 0 aliphatic rings. The fourth-order valence-corrected chi connectivity index (χ4v) is 2.30. The molecule has 4 N–H and O–H groups in total. The van der Waals surface area contributed by atoms with Crippen molar-refractivity contribution in [2.45, 2.75) is 13.8 Å². The molecule has 0 radical (unpaired) electrons. The number of carboxylic acids is 1. The van der Waals surface area contributed by atoms with Crippen molar-refractivity contribution in [1.29, 1.82) is 0 Å². The summed E-state index contributed by atoms with van der Waals surface area (Å²) in [6.07, 6.45) is -1.23. The number of carboxylic acid groups (broad SMARTS) is 2. The van der Waals surface area contributed by atoms with E-state index in [-0.39, 0.29) is 24.0 Å². The Labute approximate surface area is 126 Å². The van der Waals surface area contributed by atoms with E-state index in [2.05, 4.69) is 4.98 Å². The van der Waals surface area contributed by atoms with Gasteiger partial charge in [0.25, 0.3) is 0 Å². The molecule has 2 aromatic rings. The van der Waals surface area contributed by atoms with Crippen LogP contribution in [0.4, 0.5) is 10.6 Å². The fourth-order valence-electron chi connectivity index (χ4n) is 2.30. The van der Waals surface area contributed by atoms with Gasteiger partial charge in [0.1, 0.15) is 11.6 Å². The van der Waals surface area contributed by atoms with E-state index in [1.807, 2.05) is 0 Å². The number of aromatic amines is 1. The first-order valence-corrected chi connectivity index (χ1v) is 6.84. The van der Waals surface area contributed by atoms with E-state index >= 15 is 0 Å². The van der Waals surface area contributed by atoms with Crippen molar-refractivity contribution in [1.82, 2.24) is 4.98 Å². The van der Waals surface area contributed by atoms with Crippen LogP contribution >= 0.6 is 0 Å². The van der Waals surface area contributed by atoms with Gasteiger partial charge in [0.15, 0.2) is 0 Å². The first-order chi connectivity index (χ1) is 10.3. The fraction of sp³-hybridized carbons (Fsp3) is 0.333. The van der Waals surface area contributed by atoms with E-state index < -0.39 is 18.0 Å². The van der Waals surface area contributed by atoms with Crippen LogP contribution in [-0.4, -0.2) is 38.9 Å². The molecule has 118 valence electrons. The molecule has 1 aromatic heterocycles. The average molecular weight is 306 g/mol. The van der Waals surface area contributed by atoms with E-state index in [1.54, 1.807) is 26.0 Å². The Morgan fingerprint density at radius 2 is 1.91 bits per heavy atom. The monoisotopic (exact) mass is 306 g/mol. The van der Waals surface area contributed by atoms with E-state index in [9.17, 15) is 24.9 Å². The SMILES string of the molecule is CC(C)C(CN(C(=O)O)c1cc2cc(O)ccc2[nH]1)C(=O)O. The van der Waals surface area contributed by atoms with Crippen molar-refractivity contribution in [2.24, 2.45) is 11.8 Å². The summed E-state index contributed by atoms with van der Waals surface area (Å²) >= 11 is 0. The molecule has 22 heavy (non-hydrogen) atoms. The molecular formula is C15H18N2O5. The minimum Gasteiger partial charge on any atom is -0.508 e. The highest BCUT2D eigenvalue weighted by Gasteiger charge is 2.28. The largest absolute Gasteiger partial charge is 0.508 e. The highest BCUT2D eigenvalue weighted by Crippen LogP contribution is 2.26. The van der Waals surface area contributed by atoms with E-state index in [0.29, 0.717) is 10.9 Å². The Morgan fingerprint density at radius 3 is 2.45 bits per heavy atom. The molecule has 0 aliphatic heterocycles. The Kier molecular flexibility index (Phi) is 4.25. The van der Waals surface area contributed by atoms with Gasteiger partial charge < -0.3 is 20.3 Å². The van der Waals surface area contributed by atoms with Crippen LogP contribution in [0, 0.1) is 11.8 Å². The number of benzene rings is 1. The number of rotatable bonds is 5. The molecule has 1 atom stereocenters. The zero-order chi connectivity index (χ0) is 16.4. The van der Waals surface area contributed by atoms with Crippen molar-refractivity contribution >= 4 is 28.8 Å². The van der Waals surface area contributed by atoms with Crippen molar-refractivity contribution in [3.05, 3.63) is 24.3 Å². The summed E-state index contributed by atoms with van der Waals surface area (Å²) < 4.78 is 0. The summed E-state index contributed by atoms with van der Waals surface area (Å²) in [7, 11) is 0. The normalized spacial score (nSPS) is 12.5. The zero-order valence-corrected chi connectivity index (χ0v) is 12.3. The van der Waals surface area contributed by atoms with Crippen molar-refractivity contribution < 1.29 is 24.9 Å². The molecule has 0 saturated heterocycles. The number of hydrogen-bond donors (Lipinski definition) is 4. The number of carbonyl (C=O) groups is 2. The number of aromatic nitrogens is 1. The molecule has 1 heterocycles. The van der Waals surface area contributed by atoms with Gasteiger partial charge in [-0.05, 0) is 30.2 Å². The Morgan fingerprint density at radius 1 is 1.23 bits per heavy atom. The third kappa shape index (κ3) is 3.13. The summed E-state index contributed by atoms with van der Waals surface area (Å²) in [5.41, 5.74) is 0.662. The number of hydrogen-bond acceptors (Lipinski definition) is 3. The lowest BCUT2D eigenvalue weighted by Gasteiger charge is -2.24. The third-order valence-corrected chi connectivity index (χ3v) is 3.61. The smallest absolute Gasteiger partial charge is 0.412 e. The summed E-state index contributed by atoms with van der Waals surface area (Å²) in [4.78, 5) is 26.7. The van der Waals surface area contributed by atoms with E-state index in [1.165, 1.54) is 12.1 Å². The van der Waals surface area contributed by atoms with Crippen LogP contribution in [0.3, 0.4) is 0 Å². The molecule has 0 aliphatic carbocycles. The second-order valence-corrected chi connectivity index (χ2v) is 5.51. The molecule has 0 fully saturated rings. The summed E-state index contributed by atoms with van der Waals surface area (Å²) in [6.45, 7) is 3.32. The Bertz CT molecular complexity index is 707. The second-order valence-electron chi connectivity index (χ2n) is 5.51. The minimum atomic E-state index is -1.23. The van der Waals surface area contributed by atoms with Crippen LogP contribution in [0.25, 0.3) is 10.9 Å². The van der Waals surface area contributed by atoms with Gasteiger partial charge in [-0.25, -0.2) is 4.79 Å². The highest BCUT2D eigenvalue weighted by atomic mass is 16.4. The maximum atomic E-state index is 11.5. The molecule has 7 nitrogen and oxygen atoms in total. The van der Waals surface area contributed by atoms with Gasteiger partial charge in [0.05, 0.1) is 5.92 Å². The lowest BCUT2D eigenvalue weighted by molar-refractivity contribution is -0.142. The van der Waals surface area contributed by atoms with Crippen LogP contribution in [0.2, 0.25) is 0 Å². The number of H-pyrrole nitrogens is 1. The minimum absolute atomic E-state index is 0.0746. The molecule has 0 saturated carbocycles. The van der Waals surface area contributed by atoms with Crippen LogP contribution in [-0.2, 0) is 4.79 Å². The number of nitrogens with zero attached hydrogens (tertiary/aromatic N) is 1. The summed E-state index contributed by atoms with van der Waals surface area (Å²) in [5.74, 6) is -1.69. The van der Waals surface area contributed by atoms with E-state index in [0.717, 1.165) is 4.90 Å². The first-order valence-electron chi connectivity index (χ1n) is 6.84. The van der Waals surface area contributed by atoms with Gasteiger partial charge in [-0.2, -0.15) is 0 Å². The third-order valence-electron chi connectivity index (χ3n) is 3.61. The molecular weight excluding hydrogens is 288 g/mol. The Balaban J connectivity index is 2.37. The molecule has 1 aromatic carbocycles. The van der Waals surface area contributed by atoms with Crippen LogP contribution in [0.15, 0.2) is 24.3 Å². The number of phenols is 1. The van der Waals surface area contributed by atoms with Gasteiger partial charge in [0.2, 0.25) is 0 Å². The quantitative estimate of drug-likeness (QED) is 0.678. The van der Waals surface area contributed by atoms with Crippen LogP contribution in [0.5, 0.6) is 5.75 Å².